The van der Waals surface area contributed by atoms with Gasteiger partial charge in [0.2, 0.25) is 5.72 Å². The molecule has 2 N–H and O–H groups in total. The number of nitrogens with zero attached hydrogens (tertiary/aromatic N) is 1. The SMILES string of the molecule is CCOC(=O)[C@H]1[C@H]2CC[C@H]3C[C@@]4(CCC=CC(CC)O4)NC(=[N+]32)N[C@@]12CCCC(C)O2. The van der Waals surface area contributed by atoms with Gasteiger partial charge in [0, 0.05) is 19.3 Å². The number of carbonyl (C=O) groups excluding carboxylic acids is 1. The average molecular weight is 433 g/mol. The van der Waals surface area contributed by atoms with E-state index in [1.807, 2.05) is 6.92 Å². The Labute approximate surface area is 185 Å². The third-order valence-corrected chi connectivity index (χ3v) is 7.89. The first-order valence-corrected chi connectivity index (χ1v) is 12.4. The van der Waals surface area contributed by atoms with E-state index in [0.29, 0.717) is 12.6 Å². The summed E-state index contributed by atoms with van der Waals surface area (Å²) in [5.74, 6) is 0.542. The minimum Gasteiger partial charge on any atom is -0.465 e. The lowest BCUT2D eigenvalue weighted by Gasteiger charge is -2.50. The standard InChI is InChI=1S/C24H37N3O4/c1-4-18-10-6-7-13-23(31-18)15-17-11-12-19-20(21(28)29-5-2)24(14-8-9-16(3)30-24)26-22(25-23)27(17)19/h6,10,16-20H,4-5,7-9,11-15H2,1-3H3,(H,25,26)/p+1/t16?,17-,18?,19+,20+,23-,24+/m0/s1. The van der Waals surface area contributed by atoms with Gasteiger partial charge in [0.1, 0.15) is 0 Å². The van der Waals surface area contributed by atoms with Crippen molar-refractivity contribution < 1.29 is 23.6 Å². The van der Waals surface area contributed by atoms with Crippen molar-refractivity contribution in [3.05, 3.63) is 12.2 Å². The van der Waals surface area contributed by atoms with Gasteiger partial charge in [-0.1, -0.05) is 19.1 Å². The molecule has 2 spiro atoms. The quantitative estimate of drug-likeness (QED) is 0.406. The monoisotopic (exact) mass is 432 g/mol. The first-order valence-electron chi connectivity index (χ1n) is 12.4. The van der Waals surface area contributed by atoms with E-state index in [-0.39, 0.29) is 35.9 Å². The fourth-order valence-electron chi connectivity index (χ4n) is 6.63. The molecular weight excluding hydrogens is 394 g/mol. The molecule has 5 rings (SSSR count). The van der Waals surface area contributed by atoms with Gasteiger partial charge >= 0.3 is 11.9 Å². The van der Waals surface area contributed by atoms with Gasteiger partial charge in [0.25, 0.3) is 0 Å². The van der Waals surface area contributed by atoms with E-state index in [1.54, 1.807) is 0 Å². The van der Waals surface area contributed by atoms with Crippen LogP contribution in [0.2, 0.25) is 0 Å². The predicted octanol–water partition coefficient (Wildman–Crippen LogP) is 2.79. The van der Waals surface area contributed by atoms with Gasteiger partial charge in [-0.3, -0.25) is 9.37 Å². The van der Waals surface area contributed by atoms with Crippen LogP contribution < -0.4 is 10.6 Å². The minimum atomic E-state index is -0.714. The fourth-order valence-corrected chi connectivity index (χ4v) is 6.63. The third-order valence-electron chi connectivity index (χ3n) is 7.89. The fraction of sp³-hybridized carbons (Fsp3) is 0.833. The van der Waals surface area contributed by atoms with E-state index >= 15 is 0 Å². The first kappa shape index (κ1) is 21.3. The number of carbonyl (C=O) groups is 1. The van der Waals surface area contributed by atoms with Crippen LogP contribution in [0.15, 0.2) is 12.2 Å². The van der Waals surface area contributed by atoms with Crippen LogP contribution >= 0.6 is 0 Å². The van der Waals surface area contributed by atoms with E-state index in [4.69, 9.17) is 14.2 Å². The molecule has 2 unspecified atom stereocenters. The lowest BCUT2D eigenvalue weighted by Crippen LogP contribution is -2.76. The average Bonchev–Trinajstić information content (AvgIpc) is 3.03. The highest BCUT2D eigenvalue weighted by molar-refractivity contribution is 5.82. The van der Waals surface area contributed by atoms with Crippen LogP contribution in [-0.4, -0.2) is 58.9 Å². The molecule has 0 saturated carbocycles. The Balaban J connectivity index is 1.52. The molecule has 0 aromatic carbocycles. The van der Waals surface area contributed by atoms with Gasteiger partial charge in [0.05, 0.1) is 30.9 Å². The van der Waals surface area contributed by atoms with Gasteiger partial charge in [-0.05, 0) is 52.4 Å². The molecule has 0 aliphatic carbocycles. The summed E-state index contributed by atoms with van der Waals surface area (Å²) in [6, 6.07) is 0.459. The molecule has 172 valence electrons. The molecule has 5 aliphatic heterocycles. The number of guanidine groups is 1. The van der Waals surface area contributed by atoms with Crippen LogP contribution in [0.1, 0.15) is 78.6 Å². The molecule has 5 heterocycles. The highest BCUT2D eigenvalue weighted by atomic mass is 16.6. The minimum absolute atomic E-state index is 0.0984. The van der Waals surface area contributed by atoms with Gasteiger partial charge < -0.3 is 14.2 Å². The molecule has 7 atom stereocenters. The van der Waals surface area contributed by atoms with E-state index in [1.165, 1.54) is 0 Å². The highest BCUT2D eigenvalue weighted by Crippen LogP contribution is 2.45. The number of hydrogen-bond acceptors (Lipinski definition) is 6. The molecular formula is C24H38N3O4+. The van der Waals surface area contributed by atoms with Gasteiger partial charge in [-0.15, -0.1) is 0 Å². The summed E-state index contributed by atoms with van der Waals surface area (Å²) in [5.41, 5.74) is -1.09. The lowest BCUT2D eigenvalue weighted by atomic mass is 9.80. The summed E-state index contributed by atoms with van der Waals surface area (Å²) in [6.07, 6.45) is 13.5. The zero-order valence-electron chi connectivity index (χ0n) is 19.2. The highest BCUT2D eigenvalue weighted by Gasteiger charge is 2.64. The molecule has 0 aromatic heterocycles. The maximum atomic E-state index is 13.2. The van der Waals surface area contributed by atoms with Crippen molar-refractivity contribution in [2.75, 3.05) is 6.61 Å². The number of hydrogen-bond donors (Lipinski definition) is 2. The number of rotatable bonds is 3. The van der Waals surface area contributed by atoms with Crippen LogP contribution in [0, 0.1) is 5.92 Å². The van der Waals surface area contributed by atoms with Crippen molar-refractivity contribution in [2.24, 2.45) is 5.92 Å². The normalized spacial score (nSPS) is 43.9. The molecule has 7 nitrogen and oxygen atoms in total. The summed E-state index contributed by atoms with van der Waals surface area (Å²) >= 11 is 0. The summed E-state index contributed by atoms with van der Waals surface area (Å²) in [4.78, 5) is 13.2. The molecule has 5 aliphatic rings. The topological polar surface area (TPSA) is 71.8 Å². The molecule has 0 radical (unpaired) electrons. The first-order chi connectivity index (χ1) is 15.0. The maximum Gasteiger partial charge on any atom is 0.350 e. The van der Waals surface area contributed by atoms with Crippen molar-refractivity contribution in [3.63, 3.8) is 0 Å². The Morgan fingerprint density at radius 3 is 2.87 bits per heavy atom. The predicted molar refractivity (Wildman–Crippen MR) is 116 cm³/mol. The van der Waals surface area contributed by atoms with E-state index in [0.717, 1.165) is 63.7 Å². The van der Waals surface area contributed by atoms with Gasteiger partial charge in [-0.25, -0.2) is 10.6 Å². The number of nitrogens with one attached hydrogen (secondary N) is 2. The lowest BCUT2D eigenvalue weighted by molar-refractivity contribution is -0.609. The van der Waals surface area contributed by atoms with Crippen molar-refractivity contribution in [2.45, 2.75) is 114 Å². The van der Waals surface area contributed by atoms with Gasteiger partial charge in [0.15, 0.2) is 11.6 Å². The zero-order valence-corrected chi connectivity index (χ0v) is 19.2. The van der Waals surface area contributed by atoms with Crippen LogP contribution in [0.25, 0.3) is 0 Å². The summed E-state index contributed by atoms with van der Waals surface area (Å²) in [7, 11) is 0. The number of ether oxygens (including phenoxy) is 3. The van der Waals surface area contributed by atoms with E-state index < -0.39 is 5.72 Å². The molecule has 0 amide bonds. The maximum absolute atomic E-state index is 13.2. The second-order valence-electron chi connectivity index (χ2n) is 9.97. The van der Waals surface area contributed by atoms with Crippen LogP contribution in [0.4, 0.5) is 0 Å². The zero-order chi connectivity index (χ0) is 21.6. The number of esters is 1. The molecule has 31 heavy (non-hydrogen) atoms. The van der Waals surface area contributed by atoms with E-state index in [9.17, 15) is 4.79 Å². The largest absolute Gasteiger partial charge is 0.465 e. The Morgan fingerprint density at radius 1 is 1.23 bits per heavy atom. The van der Waals surface area contributed by atoms with Crippen LogP contribution in [0.3, 0.4) is 0 Å². The van der Waals surface area contributed by atoms with Crippen LogP contribution in [0.5, 0.6) is 0 Å². The molecule has 0 aromatic rings. The van der Waals surface area contributed by atoms with E-state index in [2.05, 4.69) is 41.2 Å². The van der Waals surface area contributed by atoms with Crippen molar-refractivity contribution in [3.8, 4) is 0 Å². The second kappa shape index (κ2) is 8.07. The molecule has 2 saturated heterocycles. The molecule has 7 heteroatoms. The Kier molecular flexibility index (Phi) is 5.53. The smallest absolute Gasteiger partial charge is 0.350 e. The molecule has 2 fully saturated rings. The van der Waals surface area contributed by atoms with Gasteiger partial charge in [-0.2, -0.15) is 0 Å². The third kappa shape index (κ3) is 3.58. The second-order valence-corrected chi connectivity index (χ2v) is 9.97. The Bertz CT molecular complexity index is 783. The summed E-state index contributed by atoms with van der Waals surface area (Å²) in [5, 5.41) is 7.52. The summed E-state index contributed by atoms with van der Waals surface area (Å²) < 4.78 is 21.3. The van der Waals surface area contributed by atoms with Crippen molar-refractivity contribution >= 4 is 11.9 Å². The molecule has 0 bridgehead atoms. The Morgan fingerprint density at radius 2 is 2.10 bits per heavy atom. The number of allylic oxidation sites excluding steroid dienone is 1. The van der Waals surface area contributed by atoms with Crippen molar-refractivity contribution in [1.82, 2.24) is 10.6 Å². The van der Waals surface area contributed by atoms with Crippen molar-refractivity contribution in [1.29, 1.82) is 0 Å². The Hall–Kier alpha value is -1.60. The summed E-state index contributed by atoms with van der Waals surface area (Å²) in [6.45, 7) is 6.57. The van der Waals surface area contributed by atoms with Crippen LogP contribution in [-0.2, 0) is 19.0 Å².